The zero-order valence-corrected chi connectivity index (χ0v) is 12.5. The van der Waals surface area contributed by atoms with Gasteiger partial charge in [-0.1, -0.05) is 39.3 Å². The van der Waals surface area contributed by atoms with Crippen LogP contribution in [0.5, 0.6) is 0 Å². The summed E-state index contributed by atoms with van der Waals surface area (Å²) in [5.74, 6) is 3.55. The molecule has 104 valence electrons. The molecule has 0 aromatic heterocycles. The molecule has 4 unspecified atom stereocenters. The Balaban J connectivity index is 1.82. The summed E-state index contributed by atoms with van der Waals surface area (Å²) < 4.78 is 0. The minimum Gasteiger partial charge on any atom is -0.313 e. The van der Waals surface area contributed by atoms with Crippen LogP contribution in [-0.2, 0) is 0 Å². The van der Waals surface area contributed by atoms with Crippen molar-refractivity contribution in [1.82, 2.24) is 5.32 Å². The predicted octanol–water partition coefficient (Wildman–Crippen LogP) is 4.39. The topological polar surface area (TPSA) is 12.0 Å². The van der Waals surface area contributed by atoms with Crippen molar-refractivity contribution in [1.29, 1.82) is 0 Å². The summed E-state index contributed by atoms with van der Waals surface area (Å²) in [6, 6.07) is 0.777. The van der Waals surface area contributed by atoms with Gasteiger partial charge in [0.2, 0.25) is 0 Å². The molecule has 1 nitrogen and oxygen atoms in total. The van der Waals surface area contributed by atoms with E-state index >= 15 is 0 Å². The summed E-state index contributed by atoms with van der Waals surface area (Å²) in [6.45, 7) is 8.47. The molecule has 1 N–H and O–H groups in total. The maximum absolute atomic E-state index is 3.92. The van der Waals surface area contributed by atoms with Crippen molar-refractivity contribution in [2.24, 2.45) is 23.7 Å². The molecule has 0 bridgehead atoms. The summed E-state index contributed by atoms with van der Waals surface area (Å²) in [7, 11) is 0. The fraction of sp³-hybridized carbons (Fsp3) is 0.882. The smallest absolute Gasteiger partial charge is 0.0100 e. The van der Waals surface area contributed by atoms with Crippen LogP contribution in [0, 0.1) is 23.7 Å². The van der Waals surface area contributed by atoms with E-state index in [1.54, 1.807) is 0 Å². The average Bonchev–Trinajstić information content (AvgIpc) is 2.37. The first-order chi connectivity index (χ1) is 8.66. The van der Waals surface area contributed by atoms with Gasteiger partial charge in [-0.05, 0) is 62.3 Å². The van der Waals surface area contributed by atoms with Crippen LogP contribution < -0.4 is 5.32 Å². The van der Waals surface area contributed by atoms with E-state index in [1.165, 1.54) is 45.1 Å². The van der Waals surface area contributed by atoms with E-state index < -0.39 is 0 Å². The molecule has 18 heavy (non-hydrogen) atoms. The van der Waals surface area contributed by atoms with Crippen LogP contribution in [0.1, 0.15) is 59.3 Å². The SMILES string of the molecule is CC1CCC(C(C)C)C(NCC2CC=CCC2)C1. The van der Waals surface area contributed by atoms with Gasteiger partial charge in [0.05, 0.1) is 0 Å². The Bertz CT molecular complexity index is 269. The van der Waals surface area contributed by atoms with Crippen molar-refractivity contribution in [2.45, 2.75) is 65.3 Å². The van der Waals surface area contributed by atoms with Crippen LogP contribution in [0.2, 0.25) is 0 Å². The van der Waals surface area contributed by atoms with E-state index in [1.807, 2.05) is 0 Å². The van der Waals surface area contributed by atoms with Crippen LogP contribution in [-0.4, -0.2) is 12.6 Å². The molecule has 0 aliphatic heterocycles. The van der Waals surface area contributed by atoms with Crippen molar-refractivity contribution in [2.75, 3.05) is 6.54 Å². The molecule has 0 aromatic rings. The second-order valence-electron chi connectivity index (χ2n) is 6.99. The monoisotopic (exact) mass is 249 g/mol. The van der Waals surface area contributed by atoms with E-state index in [2.05, 4.69) is 38.2 Å². The fourth-order valence-electron chi connectivity index (χ4n) is 3.80. The van der Waals surface area contributed by atoms with E-state index in [4.69, 9.17) is 0 Å². The second kappa shape index (κ2) is 6.75. The lowest BCUT2D eigenvalue weighted by molar-refractivity contribution is 0.164. The third kappa shape index (κ3) is 3.85. The van der Waals surface area contributed by atoms with Gasteiger partial charge in [0, 0.05) is 6.04 Å². The van der Waals surface area contributed by atoms with E-state index in [0.717, 1.165) is 29.7 Å². The van der Waals surface area contributed by atoms with Gasteiger partial charge in [-0.2, -0.15) is 0 Å². The Labute approximate surface area is 113 Å². The summed E-state index contributed by atoms with van der Waals surface area (Å²) in [5, 5.41) is 3.92. The third-order valence-corrected chi connectivity index (χ3v) is 5.07. The Kier molecular flexibility index (Phi) is 5.29. The van der Waals surface area contributed by atoms with Crippen LogP contribution >= 0.6 is 0 Å². The molecule has 2 aliphatic carbocycles. The molecule has 0 heterocycles. The number of hydrogen-bond donors (Lipinski definition) is 1. The Morgan fingerprint density at radius 3 is 2.67 bits per heavy atom. The Morgan fingerprint density at radius 1 is 1.17 bits per heavy atom. The van der Waals surface area contributed by atoms with Gasteiger partial charge in [-0.25, -0.2) is 0 Å². The molecule has 1 heteroatoms. The number of allylic oxidation sites excluding steroid dienone is 2. The molecule has 2 rings (SSSR count). The third-order valence-electron chi connectivity index (χ3n) is 5.07. The van der Waals surface area contributed by atoms with E-state index in [-0.39, 0.29) is 0 Å². The Hall–Kier alpha value is -0.300. The van der Waals surface area contributed by atoms with E-state index in [0.29, 0.717) is 0 Å². The quantitative estimate of drug-likeness (QED) is 0.729. The minimum absolute atomic E-state index is 0.777. The second-order valence-corrected chi connectivity index (χ2v) is 6.99. The number of rotatable bonds is 4. The molecule has 0 aromatic carbocycles. The highest BCUT2D eigenvalue weighted by molar-refractivity contribution is 4.92. The first-order valence-corrected chi connectivity index (χ1v) is 8.05. The molecule has 2 aliphatic rings. The molecular formula is C17H31N. The van der Waals surface area contributed by atoms with E-state index in [9.17, 15) is 0 Å². The lowest BCUT2D eigenvalue weighted by Crippen LogP contribution is -2.44. The number of nitrogens with one attached hydrogen (secondary N) is 1. The molecule has 0 amide bonds. The van der Waals surface area contributed by atoms with Gasteiger partial charge < -0.3 is 5.32 Å². The van der Waals surface area contributed by atoms with Crippen LogP contribution in [0.3, 0.4) is 0 Å². The van der Waals surface area contributed by atoms with Gasteiger partial charge in [-0.3, -0.25) is 0 Å². The fourth-order valence-corrected chi connectivity index (χ4v) is 3.80. The molecule has 0 saturated heterocycles. The average molecular weight is 249 g/mol. The van der Waals surface area contributed by atoms with Gasteiger partial charge in [0.25, 0.3) is 0 Å². The lowest BCUT2D eigenvalue weighted by Gasteiger charge is -2.38. The van der Waals surface area contributed by atoms with Crippen molar-refractivity contribution < 1.29 is 0 Å². The van der Waals surface area contributed by atoms with Crippen molar-refractivity contribution in [3.8, 4) is 0 Å². The highest BCUT2D eigenvalue weighted by Crippen LogP contribution is 2.33. The summed E-state index contributed by atoms with van der Waals surface area (Å²) in [6.07, 6.45) is 13.0. The molecule has 0 spiro atoms. The zero-order chi connectivity index (χ0) is 13.0. The maximum atomic E-state index is 3.92. The van der Waals surface area contributed by atoms with Gasteiger partial charge in [0.1, 0.15) is 0 Å². The first-order valence-electron chi connectivity index (χ1n) is 8.05. The molecule has 1 fully saturated rings. The van der Waals surface area contributed by atoms with Gasteiger partial charge in [-0.15, -0.1) is 0 Å². The van der Waals surface area contributed by atoms with Crippen molar-refractivity contribution >= 4 is 0 Å². The number of hydrogen-bond acceptors (Lipinski definition) is 1. The van der Waals surface area contributed by atoms with Crippen LogP contribution in [0.15, 0.2) is 12.2 Å². The maximum Gasteiger partial charge on any atom is 0.0100 e. The van der Waals surface area contributed by atoms with Crippen molar-refractivity contribution in [3.63, 3.8) is 0 Å². The lowest BCUT2D eigenvalue weighted by atomic mass is 9.74. The highest BCUT2D eigenvalue weighted by Gasteiger charge is 2.30. The highest BCUT2D eigenvalue weighted by atomic mass is 14.9. The van der Waals surface area contributed by atoms with Gasteiger partial charge >= 0.3 is 0 Å². The molecule has 1 saturated carbocycles. The summed E-state index contributed by atoms with van der Waals surface area (Å²) >= 11 is 0. The Morgan fingerprint density at radius 2 is 2.00 bits per heavy atom. The molecular weight excluding hydrogens is 218 g/mol. The standard InChI is InChI=1S/C17H31N/c1-13(2)16-10-9-14(3)11-17(16)18-12-15-7-5-4-6-8-15/h4-5,13-18H,6-12H2,1-3H3. The zero-order valence-electron chi connectivity index (χ0n) is 12.5. The minimum atomic E-state index is 0.777. The summed E-state index contributed by atoms with van der Waals surface area (Å²) in [4.78, 5) is 0. The summed E-state index contributed by atoms with van der Waals surface area (Å²) in [5.41, 5.74) is 0. The first kappa shape index (κ1) is 14.1. The van der Waals surface area contributed by atoms with Gasteiger partial charge in [0.15, 0.2) is 0 Å². The largest absolute Gasteiger partial charge is 0.313 e. The molecule has 0 radical (unpaired) electrons. The van der Waals surface area contributed by atoms with Crippen LogP contribution in [0.25, 0.3) is 0 Å². The normalized spacial score (nSPS) is 37.1. The van der Waals surface area contributed by atoms with Crippen molar-refractivity contribution in [3.05, 3.63) is 12.2 Å². The molecule has 4 atom stereocenters. The predicted molar refractivity (Wildman–Crippen MR) is 79.6 cm³/mol. The van der Waals surface area contributed by atoms with Crippen LogP contribution in [0.4, 0.5) is 0 Å².